The molecule has 0 bridgehead atoms. The van der Waals surface area contributed by atoms with Gasteiger partial charge in [-0.1, -0.05) is 13.8 Å². The highest BCUT2D eigenvalue weighted by molar-refractivity contribution is 5.52. The second-order valence-corrected chi connectivity index (χ2v) is 6.08. The Balaban J connectivity index is 2.29. The van der Waals surface area contributed by atoms with Gasteiger partial charge < -0.3 is 10.2 Å². The summed E-state index contributed by atoms with van der Waals surface area (Å²) in [6.45, 7) is 11.0. The van der Waals surface area contributed by atoms with E-state index < -0.39 is 0 Å². The standard InChI is InChI=1S/C16H30N4/c1-6-10-17-11-15-13(4)18-19(5)16(15)20-12(3)8-9-14(20)7-2/h12,14,17H,6-11H2,1-5H3. The highest BCUT2D eigenvalue weighted by Gasteiger charge is 2.33. The number of hydrogen-bond donors (Lipinski definition) is 1. The van der Waals surface area contributed by atoms with Gasteiger partial charge in [-0.05, 0) is 46.1 Å². The minimum Gasteiger partial charge on any atom is -0.351 e. The summed E-state index contributed by atoms with van der Waals surface area (Å²) in [6, 6.07) is 1.30. The summed E-state index contributed by atoms with van der Waals surface area (Å²) >= 11 is 0. The van der Waals surface area contributed by atoms with Crippen molar-refractivity contribution in [2.75, 3.05) is 11.4 Å². The maximum atomic E-state index is 4.67. The molecule has 0 aliphatic carbocycles. The molecule has 1 saturated heterocycles. The molecule has 1 aromatic rings. The SMILES string of the molecule is CCCNCc1c(C)nn(C)c1N1C(C)CCC1CC. The van der Waals surface area contributed by atoms with Gasteiger partial charge in [0.05, 0.1) is 5.69 Å². The summed E-state index contributed by atoms with van der Waals surface area (Å²) in [5.74, 6) is 1.34. The molecule has 1 aliphatic rings. The van der Waals surface area contributed by atoms with Gasteiger partial charge in [0.1, 0.15) is 5.82 Å². The lowest BCUT2D eigenvalue weighted by Crippen LogP contribution is -2.36. The zero-order valence-electron chi connectivity index (χ0n) is 13.7. The predicted octanol–water partition coefficient (Wildman–Crippen LogP) is 3.00. The molecule has 0 aromatic carbocycles. The lowest BCUT2D eigenvalue weighted by atomic mass is 10.1. The normalized spacial score (nSPS) is 22.8. The average molecular weight is 278 g/mol. The molecule has 1 fully saturated rings. The first-order valence-electron chi connectivity index (χ1n) is 8.11. The summed E-state index contributed by atoms with van der Waals surface area (Å²) in [5.41, 5.74) is 2.55. The largest absolute Gasteiger partial charge is 0.351 e. The maximum absolute atomic E-state index is 4.67. The molecule has 2 unspecified atom stereocenters. The van der Waals surface area contributed by atoms with Crippen LogP contribution in [0.4, 0.5) is 5.82 Å². The van der Waals surface area contributed by atoms with Crippen molar-refractivity contribution >= 4 is 5.82 Å². The Morgan fingerprint density at radius 1 is 1.30 bits per heavy atom. The Hall–Kier alpha value is -1.03. The molecule has 1 aromatic heterocycles. The molecule has 2 atom stereocenters. The first-order chi connectivity index (χ1) is 9.60. The minimum absolute atomic E-state index is 0.625. The summed E-state index contributed by atoms with van der Waals surface area (Å²) < 4.78 is 2.09. The first-order valence-corrected chi connectivity index (χ1v) is 8.11. The molecule has 1 aliphatic heterocycles. The van der Waals surface area contributed by atoms with Crippen LogP contribution >= 0.6 is 0 Å². The first kappa shape index (κ1) is 15.4. The van der Waals surface area contributed by atoms with Gasteiger partial charge in [0.25, 0.3) is 0 Å². The molecule has 0 radical (unpaired) electrons. The monoisotopic (exact) mass is 278 g/mol. The second kappa shape index (κ2) is 6.61. The Labute approximate surface area is 123 Å². The predicted molar refractivity (Wildman–Crippen MR) is 85.2 cm³/mol. The molecule has 1 N–H and O–H groups in total. The van der Waals surface area contributed by atoms with E-state index >= 15 is 0 Å². The van der Waals surface area contributed by atoms with Crippen LogP contribution in [0.2, 0.25) is 0 Å². The number of rotatable bonds is 6. The van der Waals surface area contributed by atoms with E-state index in [0.29, 0.717) is 12.1 Å². The van der Waals surface area contributed by atoms with E-state index in [0.717, 1.165) is 13.1 Å². The van der Waals surface area contributed by atoms with Crippen LogP contribution < -0.4 is 10.2 Å². The molecule has 20 heavy (non-hydrogen) atoms. The van der Waals surface area contributed by atoms with E-state index in [2.05, 4.69) is 54.7 Å². The van der Waals surface area contributed by atoms with Gasteiger partial charge in [-0.25, -0.2) is 0 Å². The fourth-order valence-corrected chi connectivity index (χ4v) is 3.46. The number of anilines is 1. The number of hydrogen-bond acceptors (Lipinski definition) is 3. The molecule has 2 rings (SSSR count). The molecule has 4 heteroatoms. The molecule has 114 valence electrons. The van der Waals surface area contributed by atoms with Gasteiger partial charge in [-0.3, -0.25) is 4.68 Å². The average Bonchev–Trinajstić information content (AvgIpc) is 2.90. The third-order valence-corrected chi connectivity index (χ3v) is 4.54. The van der Waals surface area contributed by atoms with Gasteiger partial charge >= 0.3 is 0 Å². The topological polar surface area (TPSA) is 33.1 Å². The van der Waals surface area contributed by atoms with Gasteiger partial charge in [0.15, 0.2) is 0 Å². The fourth-order valence-electron chi connectivity index (χ4n) is 3.46. The van der Waals surface area contributed by atoms with Gasteiger partial charge in [-0.15, -0.1) is 0 Å². The van der Waals surface area contributed by atoms with Crippen molar-refractivity contribution in [2.24, 2.45) is 7.05 Å². The van der Waals surface area contributed by atoms with Crippen molar-refractivity contribution in [3.63, 3.8) is 0 Å². The van der Waals surface area contributed by atoms with E-state index in [1.54, 1.807) is 0 Å². The zero-order valence-corrected chi connectivity index (χ0v) is 13.7. The molecule has 2 heterocycles. The van der Waals surface area contributed by atoms with Crippen molar-refractivity contribution in [1.29, 1.82) is 0 Å². The van der Waals surface area contributed by atoms with Crippen molar-refractivity contribution in [2.45, 2.75) is 72.0 Å². The quantitative estimate of drug-likeness (QED) is 0.812. The maximum Gasteiger partial charge on any atom is 0.131 e. The van der Waals surface area contributed by atoms with Crippen molar-refractivity contribution in [1.82, 2.24) is 15.1 Å². The molecule has 0 spiro atoms. The van der Waals surface area contributed by atoms with Crippen LogP contribution in [0, 0.1) is 6.92 Å². The van der Waals surface area contributed by atoms with Crippen molar-refractivity contribution in [3.05, 3.63) is 11.3 Å². The smallest absolute Gasteiger partial charge is 0.131 e. The van der Waals surface area contributed by atoms with E-state index in [1.165, 1.54) is 42.8 Å². The van der Waals surface area contributed by atoms with Crippen LogP contribution in [-0.2, 0) is 13.6 Å². The summed E-state index contributed by atoms with van der Waals surface area (Å²) in [7, 11) is 2.09. The van der Waals surface area contributed by atoms with E-state index in [-0.39, 0.29) is 0 Å². The fraction of sp³-hybridized carbons (Fsp3) is 0.812. The molecule has 0 saturated carbocycles. The van der Waals surface area contributed by atoms with E-state index in [9.17, 15) is 0 Å². The lowest BCUT2D eigenvalue weighted by Gasteiger charge is -2.31. The van der Waals surface area contributed by atoms with Crippen LogP contribution in [0.5, 0.6) is 0 Å². The third kappa shape index (κ3) is 2.85. The molecular formula is C16H30N4. The van der Waals surface area contributed by atoms with Gasteiger partial charge in [-0.2, -0.15) is 5.10 Å². The highest BCUT2D eigenvalue weighted by atomic mass is 15.4. The van der Waals surface area contributed by atoms with Crippen molar-refractivity contribution < 1.29 is 0 Å². The Bertz CT molecular complexity index is 438. The van der Waals surface area contributed by atoms with Crippen LogP contribution in [0.25, 0.3) is 0 Å². The van der Waals surface area contributed by atoms with Crippen LogP contribution in [0.1, 0.15) is 57.7 Å². The Morgan fingerprint density at radius 3 is 2.70 bits per heavy atom. The number of nitrogens with zero attached hydrogens (tertiary/aromatic N) is 3. The number of aryl methyl sites for hydroxylation is 2. The third-order valence-electron chi connectivity index (χ3n) is 4.54. The molecule has 0 amide bonds. The van der Waals surface area contributed by atoms with Crippen LogP contribution in [-0.4, -0.2) is 28.4 Å². The molecule has 4 nitrogen and oxygen atoms in total. The van der Waals surface area contributed by atoms with E-state index in [1.807, 2.05) is 0 Å². The van der Waals surface area contributed by atoms with Gasteiger partial charge in [0.2, 0.25) is 0 Å². The summed E-state index contributed by atoms with van der Waals surface area (Å²) in [6.07, 6.45) is 5.00. The van der Waals surface area contributed by atoms with Crippen LogP contribution in [0.15, 0.2) is 0 Å². The van der Waals surface area contributed by atoms with Crippen LogP contribution in [0.3, 0.4) is 0 Å². The highest BCUT2D eigenvalue weighted by Crippen LogP contribution is 2.35. The number of aromatic nitrogens is 2. The Kier molecular flexibility index (Phi) is 5.08. The van der Waals surface area contributed by atoms with Gasteiger partial charge in [0, 0.05) is 31.2 Å². The summed E-state index contributed by atoms with van der Waals surface area (Å²) in [5, 5.41) is 8.21. The lowest BCUT2D eigenvalue weighted by molar-refractivity contribution is 0.592. The Morgan fingerprint density at radius 2 is 2.05 bits per heavy atom. The molecular weight excluding hydrogens is 248 g/mol. The number of nitrogens with one attached hydrogen (secondary N) is 1. The zero-order chi connectivity index (χ0) is 14.7. The summed E-state index contributed by atoms with van der Waals surface area (Å²) in [4.78, 5) is 2.61. The van der Waals surface area contributed by atoms with Crippen molar-refractivity contribution in [3.8, 4) is 0 Å². The minimum atomic E-state index is 0.625. The second-order valence-electron chi connectivity index (χ2n) is 6.08. The van der Waals surface area contributed by atoms with E-state index in [4.69, 9.17) is 0 Å².